The van der Waals surface area contributed by atoms with Crippen LogP contribution in [0, 0.1) is 6.92 Å². The Kier molecular flexibility index (Phi) is 3.29. The maximum atomic E-state index is 11.7. The molecule has 0 spiro atoms. The third kappa shape index (κ3) is 2.76. The van der Waals surface area contributed by atoms with E-state index in [0.717, 1.165) is 10.6 Å². The Morgan fingerprint density at radius 2 is 2.29 bits per heavy atom. The van der Waals surface area contributed by atoms with Gasteiger partial charge in [-0.05, 0) is 19.1 Å². The van der Waals surface area contributed by atoms with Crippen LogP contribution in [-0.4, -0.2) is 21.1 Å². The molecule has 0 aliphatic heterocycles. The molecule has 0 aliphatic rings. The van der Waals surface area contributed by atoms with Crippen LogP contribution < -0.4 is 11.1 Å². The Bertz CT molecular complexity index is 522. The van der Waals surface area contributed by atoms with Gasteiger partial charge in [0.2, 0.25) is 0 Å². The van der Waals surface area contributed by atoms with Crippen LogP contribution in [0.1, 0.15) is 21.1 Å². The third-order valence-electron chi connectivity index (χ3n) is 2.17. The van der Waals surface area contributed by atoms with E-state index in [0.29, 0.717) is 12.4 Å². The molecule has 0 radical (unpaired) electrons. The van der Waals surface area contributed by atoms with Gasteiger partial charge in [-0.2, -0.15) is 0 Å². The lowest BCUT2D eigenvalue weighted by Crippen LogP contribution is -2.24. The van der Waals surface area contributed by atoms with Crippen molar-refractivity contribution in [1.29, 1.82) is 0 Å². The van der Waals surface area contributed by atoms with Gasteiger partial charge in [-0.15, -0.1) is 21.5 Å². The zero-order valence-electron chi connectivity index (χ0n) is 9.17. The van der Waals surface area contributed by atoms with Gasteiger partial charge >= 0.3 is 0 Å². The fourth-order valence-electron chi connectivity index (χ4n) is 1.21. The number of rotatable bonds is 3. The molecule has 1 amide bonds. The normalized spacial score (nSPS) is 10.2. The molecule has 0 aliphatic carbocycles. The number of nitrogens with one attached hydrogen (secondary N) is 1. The number of amides is 1. The first-order chi connectivity index (χ1) is 8.16. The highest BCUT2D eigenvalue weighted by atomic mass is 32.1. The minimum absolute atomic E-state index is 0.251. The molecule has 0 saturated carbocycles. The summed E-state index contributed by atoms with van der Waals surface area (Å²) in [4.78, 5) is 16.8. The molecule has 0 fully saturated rings. The number of nitrogens with two attached hydrogens (primary N) is 1. The molecule has 0 saturated heterocycles. The van der Waals surface area contributed by atoms with Gasteiger partial charge in [-0.3, -0.25) is 4.79 Å². The minimum atomic E-state index is -0.273. The number of carbonyl (C=O) groups is 1. The topological polar surface area (TPSA) is 93.8 Å². The molecule has 2 aromatic heterocycles. The number of aryl methyl sites for hydroxylation is 1. The highest BCUT2D eigenvalue weighted by Crippen LogP contribution is 2.11. The van der Waals surface area contributed by atoms with Crippen molar-refractivity contribution in [3.63, 3.8) is 0 Å². The second-order valence-corrected chi connectivity index (χ2v) is 4.33. The predicted molar refractivity (Wildman–Crippen MR) is 64.5 cm³/mol. The third-order valence-corrected chi connectivity index (χ3v) is 3.11. The average molecular weight is 249 g/mol. The van der Waals surface area contributed by atoms with E-state index in [4.69, 9.17) is 5.73 Å². The van der Waals surface area contributed by atoms with Gasteiger partial charge in [0.15, 0.2) is 5.69 Å². The second-order valence-electron chi connectivity index (χ2n) is 3.39. The number of nitrogens with zero attached hydrogens (tertiary/aromatic N) is 3. The number of nitrogen functional groups attached to an aromatic ring is 1. The second kappa shape index (κ2) is 4.88. The van der Waals surface area contributed by atoms with Crippen LogP contribution in [0.4, 0.5) is 5.82 Å². The van der Waals surface area contributed by atoms with Crippen LogP contribution in [0.15, 0.2) is 17.6 Å². The van der Waals surface area contributed by atoms with Crippen LogP contribution in [0.3, 0.4) is 0 Å². The van der Waals surface area contributed by atoms with Crippen LogP contribution >= 0.6 is 11.3 Å². The number of anilines is 1. The van der Waals surface area contributed by atoms with E-state index < -0.39 is 0 Å². The van der Waals surface area contributed by atoms with Crippen LogP contribution in [0.2, 0.25) is 0 Å². The quantitative estimate of drug-likeness (QED) is 0.837. The Balaban J connectivity index is 1.98. The van der Waals surface area contributed by atoms with Gasteiger partial charge in [-0.25, -0.2) is 4.98 Å². The van der Waals surface area contributed by atoms with Crippen molar-refractivity contribution in [2.24, 2.45) is 0 Å². The molecule has 88 valence electrons. The first kappa shape index (κ1) is 11.5. The fraction of sp³-hybridized carbons (Fsp3) is 0.200. The Morgan fingerprint density at radius 3 is 2.88 bits per heavy atom. The molecule has 2 rings (SSSR count). The highest BCUT2D eigenvalue weighted by molar-refractivity contribution is 7.09. The molecule has 0 atom stereocenters. The van der Waals surface area contributed by atoms with E-state index >= 15 is 0 Å². The molecule has 17 heavy (non-hydrogen) atoms. The van der Waals surface area contributed by atoms with Gasteiger partial charge < -0.3 is 11.1 Å². The Morgan fingerprint density at radius 1 is 1.47 bits per heavy atom. The number of hydrogen-bond donors (Lipinski definition) is 2. The number of hydrogen-bond acceptors (Lipinski definition) is 6. The fourth-order valence-corrected chi connectivity index (χ4v) is 1.93. The summed E-state index contributed by atoms with van der Waals surface area (Å²) in [6.07, 6.45) is 0. The first-order valence-corrected chi connectivity index (χ1v) is 5.81. The lowest BCUT2D eigenvalue weighted by molar-refractivity contribution is 0.0945. The predicted octanol–water partition coefficient (Wildman–Crippen LogP) is 0.754. The Labute approximate surface area is 102 Å². The molecule has 2 aromatic rings. The van der Waals surface area contributed by atoms with Gasteiger partial charge in [-0.1, -0.05) is 0 Å². The first-order valence-electron chi connectivity index (χ1n) is 4.93. The van der Waals surface area contributed by atoms with Gasteiger partial charge in [0.25, 0.3) is 5.91 Å². The van der Waals surface area contributed by atoms with Crippen molar-refractivity contribution in [2.75, 3.05) is 5.73 Å². The standard InChI is InChI=1S/C10H11N5OS/c1-6-8(17-5-13-6)4-12-10(16)7-2-3-9(11)15-14-7/h2-3,5H,4H2,1H3,(H2,11,15)(H,12,16). The molecule has 7 heteroatoms. The molecule has 0 bridgehead atoms. The summed E-state index contributed by atoms with van der Waals surface area (Å²) < 4.78 is 0. The van der Waals surface area contributed by atoms with Crippen LogP contribution in [0.5, 0.6) is 0 Å². The number of thiazole rings is 1. The largest absolute Gasteiger partial charge is 0.382 e. The average Bonchev–Trinajstić information content (AvgIpc) is 2.73. The summed E-state index contributed by atoms with van der Waals surface area (Å²) in [5, 5.41) is 10.1. The van der Waals surface area contributed by atoms with Crippen molar-refractivity contribution >= 4 is 23.1 Å². The van der Waals surface area contributed by atoms with E-state index in [1.165, 1.54) is 17.4 Å². The SMILES string of the molecule is Cc1ncsc1CNC(=O)c1ccc(N)nn1. The molecule has 2 heterocycles. The van der Waals surface area contributed by atoms with Crippen molar-refractivity contribution in [1.82, 2.24) is 20.5 Å². The van der Waals surface area contributed by atoms with Crippen molar-refractivity contribution in [3.05, 3.63) is 33.9 Å². The van der Waals surface area contributed by atoms with Crippen LogP contribution in [0.25, 0.3) is 0 Å². The maximum Gasteiger partial charge on any atom is 0.272 e. The monoisotopic (exact) mass is 249 g/mol. The van der Waals surface area contributed by atoms with Gasteiger partial charge in [0.1, 0.15) is 5.82 Å². The lowest BCUT2D eigenvalue weighted by atomic mass is 10.3. The van der Waals surface area contributed by atoms with Crippen molar-refractivity contribution in [3.8, 4) is 0 Å². The number of aromatic nitrogens is 3. The Hall–Kier alpha value is -2.02. The summed E-state index contributed by atoms with van der Waals surface area (Å²) in [5.74, 6) is 0.0187. The molecule has 6 nitrogen and oxygen atoms in total. The molecule has 0 unspecified atom stereocenters. The summed E-state index contributed by atoms with van der Waals surface area (Å²) in [6.45, 7) is 2.35. The van der Waals surface area contributed by atoms with E-state index in [1.54, 1.807) is 11.6 Å². The zero-order valence-corrected chi connectivity index (χ0v) is 9.99. The molecule has 3 N–H and O–H groups in total. The molecular weight excluding hydrogens is 238 g/mol. The molecule has 0 aromatic carbocycles. The van der Waals surface area contributed by atoms with Gasteiger partial charge in [0, 0.05) is 4.88 Å². The minimum Gasteiger partial charge on any atom is -0.382 e. The van der Waals surface area contributed by atoms with Gasteiger partial charge in [0.05, 0.1) is 17.7 Å². The van der Waals surface area contributed by atoms with E-state index in [-0.39, 0.29) is 11.6 Å². The maximum absolute atomic E-state index is 11.7. The summed E-state index contributed by atoms with van der Waals surface area (Å²) in [7, 11) is 0. The lowest BCUT2D eigenvalue weighted by Gasteiger charge is -2.02. The smallest absolute Gasteiger partial charge is 0.272 e. The van der Waals surface area contributed by atoms with E-state index in [2.05, 4.69) is 20.5 Å². The highest BCUT2D eigenvalue weighted by Gasteiger charge is 2.08. The molecular formula is C10H11N5OS. The van der Waals surface area contributed by atoms with E-state index in [1.807, 2.05) is 6.92 Å². The summed E-state index contributed by atoms with van der Waals surface area (Å²) in [6, 6.07) is 3.08. The van der Waals surface area contributed by atoms with E-state index in [9.17, 15) is 4.79 Å². The van der Waals surface area contributed by atoms with Crippen molar-refractivity contribution in [2.45, 2.75) is 13.5 Å². The zero-order chi connectivity index (χ0) is 12.3. The van der Waals surface area contributed by atoms with Crippen LogP contribution in [-0.2, 0) is 6.54 Å². The summed E-state index contributed by atoms with van der Waals surface area (Å²) in [5.41, 5.74) is 8.32. The number of carbonyl (C=O) groups excluding carboxylic acids is 1. The summed E-state index contributed by atoms with van der Waals surface area (Å²) >= 11 is 1.51. The van der Waals surface area contributed by atoms with Crippen molar-refractivity contribution < 1.29 is 4.79 Å².